The van der Waals surface area contributed by atoms with E-state index < -0.39 is 0 Å². The molecule has 2 aromatic rings. The summed E-state index contributed by atoms with van der Waals surface area (Å²) >= 11 is 9.60. The highest BCUT2D eigenvalue weighted by molar-refractivity contribution is 9.10. The lowest BCUT2D eigenvalue weighted by molar-refractivity contribution is 0.338. The molecule has 0 aromatic heterocycles. The van der Waals surface area contributed by atoms with Gasteiger partial charge in [-0.15, -0.1) is 0 Å². The summed E-state index contributed by atoms with van der Waals surface area (Å²) in [5, 5.41) is 4.53. The molecule has 0 bridgehead atoms. The van der Waals surface area contributed by atoms with Gasteiger partial charge in [0.25, 0.3) is 0 Å². The monoisotopic (exact) mass is 365 g/mol. The van der Waals surface area contributed by atoms with Gasteiger partial charge in [0.05, 0.1) is 0 Å². The van der Waals surface area contributed by atoms with Crippen molar-refractivity contribution >= 4 is 27.5 Å². The molecule has 1 N–H and O–H groups in total. The normalized spacial score (nSPS) is 13.2. The molecule has 0 spiro atoms. The Morgan fingerprint density at radius 1 is 1.14 bits per heavy atom. The lowest BCUT2D eigenvalue weighted by Gasteiger charge is -2.32. The number of benzene rings is 2. The van der Waals surface area contributed by atoms with Crippen molar-refractivity contribution < 1.29 is 0 Å². The third-order valence-electron chi connectivity index (χ3n) is 3.76. The summed E-state index contributed by atoms with van der Waals surface area (Å²) < 4.78 is 1.10. The third kappa shape index (κ3) is 4.32. The zero-order chi connectivity index (χ0) is 15.5. The quantitative estimate of drug-likeness (QED) is 0.676. The van der Waals surface area contributed by atoms with E-state index in [-0.39, 0.29) is 11.6 Å². The van der Waals surface area contributed by atoms with E-state index in [0.29, 0.717) is 0 Å². The van der Waals surface area contributed by atoms with Gasteiger partial charge in [-0.25, -0.2) is 0 Å². The van der Waals surface area contributed by atoms with Gasteiger partial charge < -0.3 is 5.32 Å². The van der Waals surface area contributed by atoms with Crippen LogP contribution in [0, 0.1) is 0 Å². The maximum absolute atomic E-state index is 6.12. The second-order valence-electron chi connectivity index (χ2n) is 5.79. The Hall–Kier alpha value is -0.830. The number of hydrogen-bond acceptors (Lipinski definition) is 1. The van der Waals surface area contributed by atoms with E-state index in [1.165, 1.54) is 11.1 Å². The molecule has 2 aromatic carbocycles. The maximum atomic E-state index is 6.12. The van der Waals surface area contributed by atoms with Crippen LogP contribution in [0.1, 0.15) is 44.4 Å². The van der Waals surface area contributed by atoms with Crippen LogP contribution >= 0.6 is 27.5 Å². The van der Waals surface area contributed by atoms with Crippen molar-refractivity contribution in [2.45, 2.75) is 38.8 Å². The smallest absolute Gasteiger partial charge is 0.0409 e. The van der Waals surface area contributed by atoms with Gasteiger partial charge in [0.2, 0.25) is 0 Å². The first-order valence-electron chi connectivity index (χ1n) is 7.21. The van der Waals surface area contributed by atoms with Crippen LogP contribution in [0.15, 0.2) is 53.0 Å². The molecule has 3 heteroatoms. The molecule has 1 nitrogen and oxygen atoms in total. The van der Waals surface area contributed by atoms with Crippen LogP contribution in [-0.4, -0.2) is 0 Å². The van der Waals surface area contributed by atoms with Gasteiger partial charge in [-0.1, -0.05) is 58.7 Å². The van der Waals surface area contributed by atoms with Crippen molar-refractivity contribution in [3.05, 3.63) is 69.2 Å². The fourth-order valence-electron chi connectivity index (χ4n) is 2.53. The molecule has 2 rings (SSSR count). The van der Waals surface area contributed by atoms with Gasteiger partial charge in [-0.2, -0.15) is 0 Å². The molecular formula is C18H21BrClN. The predicted octanol–water partition coefficient (Wildman–Crippen LogP) is 6.08. The van der Waals surface area contributed by atoms with Crippen LogP contribution in [0.5, 0.6) is 0 Å². The van der Waals surface area contributed by atoms with E-state index in [0.717, 1.165) is 15.9 Å². The van der Waals surface area contributed by atoms with Crippen molar-refractivity contribution in [2.75, 3.05) is 0 Å². The Morgan fingerprint density at radius 2 is 1.81 bits per heavy atom. The molecule has 0 saturated carbocycles. The van der Waals surface area contributed by atoms with Crippen molar-refractivity contribution in [2.24, 2.45) is 0 Å². The largest absolute Gasteiger partial charge is 0.301 e. The van der Waals surface area contributed by atoms with E-state index in [2.05, 4.69) is 72.3 Å². The lowest BCUT2D eigenvalue weighted by Crippen LogP contribution is -2.39. The molecule has 0 heterocycles. The Labute approximate surface area is 140 Å². The third-order valence-corrected chi connectivity index (χ3v) is 4.52. The fraction of sp³-hybridized carbons (Fsp3) is 0.333. The van der Waals surface area contributed by atoms with E-state index in [1.54, 1.807) is 0 Å². The molecule has 1 unspecified atom stereocenters. The molecular weight excluding hydrogens is 346 g/mol. The highest BCUT2D eigenvalue weighted by Crippen LogP contribution is 2.28. The first-order valence-corrected chi connectivity index (χ1v) is 8.38. The molecule has 0 fully saturated rings. The number of nitrogens with one attached hydrogen (secondary N) is 1. The highest BCUT2D eigenvalue weighted by atomic mass is 79.9. The average molecular weight is 367 g/mol. The average Bonchev–Trinajstić information content (AvgIpc) is 2.45. The Kier molecular flexibility index (Phi) is 5.48. The molecule has 0 saturated heterocycles. The summed E-state index contributed by atoms with van der Waals surface area (Å²) in [6, 6.07) is 16.8. The topological polar surface area (TPSA) is 12.0 Å². The summed E-state index contributed by atoms with van der Waals surface area (Å²) in [6.45, 7) is 6.61. The number of hydrogen-bond donors (Lipinski definition) is 1. The van der Waals surface area contributed by atoms with E-state index in [9.17, 15) is 0 Å². The number of halogens is 2. The molecule has 0 aliphatic rings. The molecule has 0 aliphatic carbocycles. The van der Waals surface area contributed by atoms with Gasteiger partial charge in [0.1, 0.15) is 0 Å². The second kappa shape index (κ2) is 6.95. The Morgan fingerprint density at radius 3 is 2.38 bits per heavy atom. The minimum Gasteiger partial charge on any atom is -0.301 e. The lowest BCUT2D eigenvalue weighted by atomic mass is 9.91. The van der Waals surface area contributed by atoms with E-state index in [4.69, 9.17) is 11.6 Å². The molecule has 21 heavy (non-hydrogen) atoms. The fourth-order valence-corrected chi connectivity index (χ4v) is 2.99. The van der Waals surface area contributed by atoms with Crippen LogP contribution in [-0.2, 0) is 5.54 Å². The minimum atomic E-state index is -0.107. The van der Waals surface area contributed by atoms with Gasteiger partial charge in [-0.3, -0.25) is 0 Å². The summed E-state index contributed by atoms with van der Waals surface area (Å²) in [6.07, 6.45) is 1.01. The standard InChI is InChI=1S/C18H21BrClN/c1-4-17(13-6-5-7-16(20)12-13)21-18(2,3)14-8-10-15(19)11-9-14/h5-12,17,21H,4H2,1-3H3. The molecule has 0 radical (unpaired) electrons. The molecule has 0 aliphatic heterocycles. The predicted molar refractivity (Wildman–Crippen MR) is 94.8 cm³/mol. The van der Waals surface area contributed by atoms with Crippen molar-refractivity contribution in [1.82, 2.24) is 5.32 Å². The summed E-state index contributed by atoms with van der Waals surface area (Å²) in [7, 11) is 0. The van der Waals surface area contributed by atoms with Crippen LogP contribution in [0.25, 0.3) is 0 Å². The molecule has 0 amide bonds. The van der Waals surface area contributed by atoms with Gasteiger partial charge in [0, 0.05) is 21.1 Å². The number of rotatable bonds is 5. The van der Waals surface area contributed by atoms with E-state index >= 15 is 0 Å². The van der Waals surface area contributed by atoms with Gasteiger partial charge in [0.15, 0.2) is 0 Å². The van der Waals surface area contributed by atoms with Crippen molar-refractivity contribution in [3.63, 3.8) is 0 Å². The summed E-state index contributed by atoms with van der Waals surface area (Å²) in [4.78, 5) is 0. The highest BCUT2D eigenvalue weighted by Gasteiger charge is 2.24. The zero-order valence-electron chi connectivity index (χ0n) is 12.7. The maximum Gasteiger partial charge on any atom is 0.0409 e. The molecule has 1 atom stereocenters. The first-order chi connectivity index (χ1) is 9.92. The summed E-state index contributed by atoms with van der Waals surface area (Å²) in [5.41, 5.74) is 2.39. The molecule has 112 valence electrons. The second-order valence-corrected chi connectivity index (χ2v) is 7.14. The SMILES string of the molecule is CCC(NC(C)(C)c1ccc(Br)cc1)c1cccc(Cl)c1. The summed E-state index contributed by atoms with van der Waals surface area (Å²) in [5.74, 6) is 0. The zero-order valence-corrected chi connectivity index (χ0v) is 15.0. The van der Waals surface area contributed by atoms with Crippen molar-refractivity contribution in [1.29, 1.82) is 0 Å². The Bertz CT molecular complexity index is 592. The van der Waals surface area contributed by atoms with Crippen LogP contribution in [0.4, 0.5) is 0 Å². The van der Waals surface area contributed by atoms with Gasteiger partial charge >= 0.3 is 0 Å². The van der Waals surface area contributed by atoms with Crippen LogP contribution < -0.4 is 5.32 Å². The van der Waals surface area contributed by atoms with Crippen LogP contribution in [0.2, 0.25) is 5.02 Å². The van der Waals surface area contributed by atoms with Crippen LogP contribution in [0.3, 0.4) is 0 Å². The minimum absolute atomic E-state index is 0.107. The van der Waals surface area contributed by atoms with Crippen molar-refractivity contribution in [3.8, 4) is 0 Å². The first kappa shape index (κ1) is 16.5. The Balaban J connectivity index is 2.22. The van der Waals surface area contributed by atoms with Gasteiger partial charge in [-0.05, 0) is 55.7 Å². The van der Waals surface area contributed by atoms with E-state index in [1.807, 2.05) is 18.2 Å².